The van der Waals surface area contributed by atoms with Gasteiger partial charge in [-0.15, -0.1) is 0 Å². The molecule has 2 aliphatic rings. The van der Waals surface area contributed by atoms with Crippen LogP contribution in [0.2, 0.25) is 0 Å². The lowest BCUT2D eigenvalue weighted by Gasteiger charge is -2.16. The maximum absolute atomic E-state index is 6.49. The van der Waals surface area contributed by atoms with Crippen molar-refractivity contribution in [3.8, 4) is 34.5 Å². The molecule has 0 spiro atoms. The second-order valence-electron chi connectivity index (χ2n) is 8.79. The Morgan fingerprint density at radius 1 is 0.514 bits per heavy atom. The first-order chi connectivity index (χ1) is 17.3. The van der Waals surface area contributed by atoms with Gasteiger partial charge in [-0.2, -0.15) is 0 Å². The van der Waals surface area contributed by atoms with Gasteiger partial charge in [0.2, 0.25) is 0 Å². The van der Waals surface area contributed by atoms with E-state index in [2.05, 4.69) is 0 Å². The van der Waals surface area contributed by atoms with Crippen LogP contribution in [0.4, 0.5) is 0 Å². The monoisotopic (exact) mass is 466 g/mol. The van der Waals surface area contributed by atoms with Crippen molar-refractivity contribution in [2.24, 2.45) is 0 Å². The zero-order valence-electron chi connectivity index (χ0n) is 19.3. The fraction of sp³-hybridized carbons (Fsp3) is 0.200. The van der Waals surface area contributed by atoms with E-state index in [0.717, 1.165) is 71.7 Å². The van der Waals surface area contributed by atoms with Crippen LogP contribution >= 0.6 is 0 Å². The van der Waals surface area contributed by atoms with E-state index >= 15 is 0 Å². The predicted octanol–water partition coefficient (Wildman–Crippen LogP) is 6.95. The summed E-state index contributed by atoms with van der Waals surface area (Å²) in [5, 5.41) is 0. The first-order valence-electron chi connectivity index (χ1n) is 11.9. The highest BCUT2D eigenvalue weighted by Gasteiger charge is 2.27. The second kappa shape index (κ2) is 9.82. The minimum absolute atomic E-state index is 0.227. The van der Waals surface area contributed by atoms with Crippen molar-refractivity contribution in [3.05, 3.63) is 108 Å². The average Bonchev–Trinajstić information content (AvgIpc) is 3.81. The Labute approximate surface area is 204 Å². The zero-order valence-corrected chi connectivity index (χ0v) is 19.3. The Balaban J connectivity index is 1.26. The van der Waals surface area contributed by atoms with Gasteiger partial charge in [0, 0.05) is 24.0 Å². The third kappa shape index (κ3) is 5.83. The van der Waals surface area contributed by atoms with E-state index < -0.39 is 0 Å². The van der Waals surface area contributed by atoms with Crippen molar-refractivity contribution in [2.45, 2.75) is 25.0 Å². The molecule has 5 nitrogen and oxygen atoms in total. The molecule has 2 fully saturated rings. The van der Waals surface area contributed by atoms with Crippen LogP contribution in [0.3, 0.4) is 0 Å². The van der Waals surface area contributed by atoms with Crippen LogP contribution in [0.5, 0.6) is 34.5 Å². The number of hydrogen-bond donors (Lipinski definition) is 0. The molecule has 0 N–H and O–H groups in total. The van der Waals surface area contributed by atoms with E-state index in [4.69, 9.17) is 23.7 Å². The molecule has 35 heavy (non-hydrogen) atoms. The quantitative estimate of drug-likeness (QED) is 0.237. The van der Waals surface area contributed by atoms with E-state index in [0.29, 0.717) is 0 Å². The van der Waals surface area contributed by atoms with Crippen LogP contribution in [-0.4, -0.2) is 25.4 Å². The molecule has 2 heterocycles. The van der Waals surface area contributed by atoms with Crippen LogP contribution in [0.25, 0.3) is 0 Å². The average molecular weight is 467 g/mol. The number of ether oxygens (including phenoxy) is 5. The lowest BCUT2D eigenvalue weighted by Crippen LogP contribution is -2.01. The SMILES string of the molecule is c1ccc(Oc2ccc(Oc3ccc(Oc4ccccc4)cc3CC3CO3)c(CC3CO3)c2)cc1. The summed E-state index contributed by atoms with van der Waals surface area (Å²) in [6, 6.07) is 31.5. The second-order valence-corrected chi connectivity index (χ2v) is 8.79. The number of epoxide rings is 2. The molecule has 6 rings (SSSR count). The first kappa shape index (κ1) is 21.7. The summed E-state index contributed by atoms with van der Waals surface area (Å²) in [6.07, 6.45) is 2.01. The Bertz CT molecular complexity index is 1180. The standard InChI is InChI=1S/C30H26O5/c1-3-7-23(8-4-1)33-25-11-13-29(21(15-25)17-27-19-31-27)35-30-14-12-26(16-22(30)18-28-20-32-28)34-24-9-5-2-6-10-24/h1-16,27-28H,17-20H2. The van der Waals surface area contributed by atoms with Crippen molar-refractivity contribution in [1.82, 2.24) is 0 Å². The van der Waals surface area contributed by atoms with E-state index in [1.165, 1.54) is 0 Å². The van der Waals surface area contributed by atoms with Gasteiger partial charge in [0.1, 0.15) is 34.5 Å². The van der Waals surface area contributed by atoms with Gasteiger partial charge in [-0.25, -0.2) is 0 Å². The van der Waals surface area contributed by atoms with Crippen molar-refractivity contribution >= 4 is 0 Å². The fourth-order valence-corrected chi connectivity index (χ4v) is 3.99. The fourth-order valence-electron chi connectivity index (χ4n) is 3.99. The lowest BCUT2D eigenvalue weighted by atomic mass is 10.1. The van der Waals surface area contributed by atoms with Crippen molar-refractivity contribution in [3.63, 3.8) is 0 Å². The molecule has 0 aliphatic carbocycles. The Morgan fingerprint density at radius 2 is 0.943 bits per heavy atom. The van der Waals surface area contributed by atoms with Gasteiger partial charge >= 0.3 is 0 Å². The van der Waals surface area contributed by atoms with Gasteiger partial charge in [0.25, 0.3) is 0 Å². The Morgan fingerprint density at radius 3 is 1.34 bits per heavy atom. The van der Waals surface area contributed by atoms with Gasteiger partial charge in [-0.1, -0.05) is 36.4 Å². The molecule has 4 aromatic rings. The minimum atomic E-state index is 0.227. The highest BCUT2D eigenvalue weighted by molar-refractivity contribution is 5.48. The van der Waals surface area contributed by atoms with Crippen LogP contribution < -0.4 is 14.2 Å². The van der Waals surface area contributed by atoms with Crippen LogP contribution in [-0.2, 0) is 22.3 Å². The Kier molecular flexibility index (Phi) is 6.09. The summed E-state index contributed by atoms with van der Waals surface area (Å²) in [6.45, 7) is 1.55. The van der Waals surface area contributed by atoms with Crippen molar-refractivity contribution in [2.75, 3.05) is 13.2 Å². The normalized spacial score (nSPS) is 18.1. The smallest absolute Gasteiger partial charge is 0.131 e. The highest BCUT2D eigenvalue weighted by atomic mass is 16.6. The van der Waals surface area contributed by atoms with E-state index in [1.54, 1.807) is 0 Å². The van der Waals surface area contributed by atoms with Crippen LogP contribution in [0, 0.1) is 0 Å². The van der Waals surface area contributed by atoms with Gasteiger partial charge in [-0.3, -0.25) is 0 Å². The van der Waals surface area contributed by atoms with Crippen LogP contribution in [0.15, 0.2) is 97.1 Å². The Hall–Kier alpha value is -3.80. The summed E-state index contributed by atoms with van der Waals surface area (Å²) < 4.78 is 29.6. The molecule has 2 saturated heterocycles. The molecule has 0 bridgehead atoms. The maximum Gasteiger partial charge on any atom is 0.131 e. The van der Waals surface area contributed by atoms with Gasteiger partial charge < -0.3 is 23.7 Å². The minimum Gasteiger partial charge on any atom is -0.457 e. The summed E-state index contributed by atoms with van der Waals surface area (Å²) in [7, 11) is 0. The van der Waals surface area contributed by atoms with Gasteiger partial charge in [-0.05, 0) is 60.7 Å². The van der Waals surface area contributed by atoms with Gasteiger partial charge in [0.05, 0.1) is 25.4 Å². The molecule has 2 aliphatic heterocycles. The molecular formula is C30H26O5. The number of rotatable bonds is 10. The molecule has 176 valence electrons. The molecule has 0 amide bonds. The molecular weight excluding hydrogens is 440 g/mol. The summed E-state index contributed by atoms with van der Waals surface area (Å²) >= 11 is 0. The van der Waals surface area contributed by atoms with Gasteiger partial charge in [0.15, 0.2) is 0 Å². The summed E-state index contributed by atoms with van der Waals surface area (Å²) in [4.78, 5) is 0. The number of hydrogen-bond acceptors (Lipinski definition) is 5. The third-order valence-corrected chi connectivity index (χ3v) is 5.94. The summed E-state index contributed by atoms with van der Waals surface area (Å²) in [5.41, 5.74) is 2.11. The highest BCUT2D eigenvalue weighted by Crippen LogP contribution is 2.37. The topological polar surface area (TPSA) is 52.8 Å². The molecule has 2 unspecified atom stereocenters. The maximum atomic E-state index is 6.49. The zero-order chi connectivity index (χ0) is 23.5. The molecule has 2 atom stereocenters. The van der Waals surface area contributed by atoms with E-state index in [-0.39, 0.29) is 12.2 Å². The van der Waals surface area contributed by atoms with E-state index in [9.17, 15) is 0 Å². The van der Waals surface area contributed by atoms with Crippen molar-refractivity contribution < 1.29 is 23.7 Å². The molecule has 0 aromatic heterocycles. The first-order valence-corrected chi connectivity index (χ1v) is 11.9. The van der Waals surface area contributed by atoms with E-state index in [1.807, 2.05) is 97.1 Å². The molecule has 4 aromatic carbocycles. The number of para-hydroxylation sites is 2. The van der Waals surface area contributed by atoms with Crippen LogP contribution in [0.1, 0.15) is 11.1 Å². The molecule has 0 saturated carbocycles. The largest absolute Gasteiger partial charge is 0.457 e. The third-order valence-electron chi connectivity index (χ3n) is 5.94. The van der Waals surface area contributed by atoms with Crippen molar-refractivity contribution in [1.29, 1.82) is 0 Å². The predicted molar refractivity (Wildman–Crippen MR) is 133 cm³/mol. The molecule has 0 radical (unpaired) electrons. The number of benzene rings is 4. The molecule has 5 heteroatoms. The lowest BCUT2D eigenvalue weighted by molar-refractivity contribution is 0.397. The summed E-state index contributed by atoms with van der Waals surface area (Å²) in [5.74, 6) is 4.76.